The molecule has 1 aromatic carbocycles. The molecule has 2 N–H and O–H groups in total. The van der Waals surface area contributed by atoms with Crippen LogP contribution in [0.15, 0.2) is 28.6 Å². The minimum absolute atomic E-state index is 0.151. The number of carbonyl (C=O) groups excluding carboxylic acids is 2. The average molecular weight is 380 g/mol. The molecule has 0 saturated heterocycles. The van der Waals surface area contributed by atoms with Crippen molar-refractivity contribution in [2.45, 2.75) is 31.2 Å². The highest BCUT2D eigenvalue weighted by Gasteiger charge is 2.10. The molecule has 0 bridgehead atoms. The normalized spacial score (nSPS) is 10.6. The average Bonchev–Trinajstić information content (AvgIpc) is 3.00. The van der Waals surface area contributed by atoms with Gasteiger partial charge in [0, 0.05) is 11.7 Å². The van der Waals surface area contributed by atoms with E-state index in [1.165, 1.54) is 23.1 Å². The first kappa shape index (κ1) is 19.2. The number of hydrogen-bond acceptors (Lipinski definition) is 8. The Labute approximate surface area is 154 Å². The molecule has 0 unspecified atom stereocenters. The summed E-state index contributed by atoms with van der Waals surface area (Å²) in [5.41, 5.74) is 1.08. The molecule has 0 spiro atoms. The molecule has 0 aliphatic carbocycles. The van der Waals surface area contributed by atoms with Crippen LogP contribution in [-0.2, 0) is 9.53 Å². The summed E-state index contributed by atoms with van der Waals surface area (Å²) in [6.07, 6.45) is 0. The van der Waals surface area contributed by atoms with Gasteiger partial charge in [-0.15, -0.1) is 10.2 Å². The first-order valence-corrected chi connectivity index (χ1v) is 9.58. The number of hydrogen-bond donors (Lipinski definition) is 2. The van der Waals surface area contributed by atoms with E-state index in [0.29, 0.717) is 17.9 Å². The van der Waals surface area contributed by atoms with Gasteiger partial charge in [0.1, 0.15) is 0 Å². The maximum absolute atomic E-state index is 12.0. The van der Waals surface area contributed by atoms with Gasteiger partial charge in [0.15, 0.2) is 4.34 Å². The van der Waals surface area contributed by atoms with Gasteiger partial charge in [0.05, 0.1) is 17.9 Å². The van der Waals surface area contributed by atoms with Gasteiger partial charge < -0.3 is 15.4 Å². The minimum atomic E-state index is -0.377. The molecule has 0 radical (unpaired) electrons. The number of carbonyl (C=O) groups is 2. The van der Waals surface area contributed by atoms with Crippen molar-refractivity contribution in [3.8, 4) is 0 Å². The molecule has 134 valence electrons. The summed E-state index contributed by atoms with van der Waals surface area (Å²) >= 11 is 2.75. The summed E-state index contributed by atoms with van der Waals surface area (Å²) in [6.45, 7) is 6.13. The summed E-state index contributed by atoms with van der Waals surface area (Å²) in [4.78, 5) is 23.6. The SMILES string of the molecule is CCOC(=O)c1ccc(NC(=O)CSc2nnc(NC(C)C)s2)cc1. The zero-order valence-corrected chi connectivity index (χ0v) is 15.9. The van der Waals surface area contributed by atoms with E-state index in [1.807, 2.05) is 13.8 Å². The number of nitrogens with zero attached hydrogens (tertiary/aromatic N) is 2. The highest BCUT2D eigenvalue weighted by Crippen LogP contribution is 2.25. The van der Waals surface area contributed by atoms with Crippen LogP contribution in [0.3, 0.4) is 0 Å². The van der Waals surface area contributed by atoms with Crippen molar-refractivity contribution < 1.29 is 14.3 Å². The Balaban J connectivity index is 1.81. The number of thioether (sulfide) groups is 1. The van der Waals surface area contributed by atoms with E-state index < -0.39 is 0 Å². The van der Waals surface area contributed by atoms with Crippen LogP contribution in [0.5, 0.6) is 0 Å². The molecule has 1 aromatic heterocycles. The number of ether oxygens (including phenoxy) is 1. The van der Waals surface area contributed by atoms with E-state index in [4.69, 9.17) is 4.74 Å². The van der Waals surface area contributed by atoms with Crippen molar-refractivity contribution in [1.29, 1.82) is 0 Å². The third kappa shape index (κ3) is 6.35. The largest absolute Gasteiger partial charge is 0.462 e. The maximum atomic E-state index is 12.0. The Hall–Kier alpha value is -2.13. The van der Waals surface area contributed by atoms with Crippen molar-refractivity contribution in [2.24, 2.45) is 0 Å². The van der Waals surface area contributed by atoms with Crippen LogP contribution >= 0.6 is 23.1 Å². The zero-order valence-electron chi connectivity index (χ0n) is 14.2. The van der Waals surface area contributed by atoms with Gasteiger partial charge in [0.2, 0.25) is 11.0 Å². The predicted octanol–water partition coefficient (Wildman–Crippen LogP) is 3.27. The Bertz CT molecular complexity index is 716. The number of esters is 1. The second-order valence-corrected chi connectivity index (χ2v) is 7.51. The standard InChI is InChI=1S/C16H20N4O3S2/c1-4-23-14(22)11-5-7-12(8-6-11)18-13(21)9-24-16-20-19-15(25-16)17-10(2)3/h5-8,10H,4,9H2,1-3H3,(H,17,19)(H,18,21). The number of aromatic nitrogens is 2. The Morgan fingerprint density at radius 1 is 1.24 bits per heavy atom. The fourth-order valence-corrected chi connectivity index (χ4v) is 3.50. The molecule has 0 aliphatic rings. The summed E-state index contributed by atoms with van der Waals surface area (Å²) in [7, 11) is 0. The van der Waals surface area contributed by atoms with E-state index in [9.17, 15) is 9.59 Å². The molecule has 0 aliphatic heterocycles. The highest BCUT2D eigenvalue weighted by molar-refractivity contribution is 8.01. The first-order chi connectivity index (χ1) is 12.0. The van der Waals surface area contributed by atoms with Crippen molar-refractivity contribution >= 4 is 45.8 Å². The quantitative estimate of drug-likeness (QED) is 0.536. The lowest BCUT2D eigenvalue weighted by Gasteiger charge is -2.06. The molecule has 7 nitrogen and oxygen atoms in total. The summed E-state index contributed by atoms with van der Waals surface area (Å²) in [5.74, 6) is -0.295. The van der Waals surface area contributed by atoms with E-state index in [1.54, 1.807) is 31.2 Å². The molecule has 25 heavy (non-hydrogen) atoms. The van der Waals surface area contributed by atoms with E-state index in [-0.39, 0.29) is 23.7 Å². The van der Waals surface area contributed by atoms with Gasteiger partial charge in [-0.2, -0.15) is 0 Å². The lowest BCUT2D eigenvalue weighted by molar-refractivity contribution is -0.113. The van der Waals surface area contributed by atoms with Crippen LogP contribution in [-0.4, -0.2) is 40.5 Å². The number of nitrogens with one attached hydrogen (secondary N) is 2. The van der Waals surface area contributed by atoms with Gasteiger partial charge in [-0.3, -0.25) is 4.79 Å². The van der Waals surface area contributed by atoms with Gasteiger partial charge in [0.25, 0.3) is 0 Å². The summed E-state index contributed by atoms with van der Waals surface area (Å²) < 4.78 is 5.65. The van der Waals surface area contributed by atoms with Crippen molar-refractivity contribution in [3.05, 3.63) is 29.8 Å². The third-order valence-corrected chi connectivity index (χ3v) is 4.81. The molecular weight excluding hydrogens is 360 g/mol. The first-order valence-electron chi connectivity index (χ1n) is 7.77. The minimum Gasteiger partial charge on any atom is -0.462 e. The van der Waals surface area contributed by atoms with Crippen LogP contribution in [0.2, 0.25) is 0 Å². The van der Waals surface area contributed by atoms with Crippen molar-refractivity contribution in [3.63, 3.8) is 0 Å². The fraction of sp³-hybridized carbons (Fsp3) is 0.375. The lowest BCUT2D eigenvalue weighted by atomic mass is 10.2. The van der Waals surface area contributed by atoms with E-state index >= 15 is 0 Å². The fourth-order valence-electron chi connectivity index (χ4n) is 1.80. The van der Waals surface area contributed by atoms with E-state index in [2.05, 4.69) is 20.8 Å². The molecular formula is C16H20N4O3S2. The molecule has 2 aromatic rings. The third-order valence-electron chi connectivity index (χ3n) is 2.83. The molecule has 0 saturated carbocycles. The van der Waals surface area contributed by atoms with Crippen LogP contribution in [0, 0.1) is 0 Å². The predicted molar refractivity (Wildman–Crippen MR) is 100 cm³/mol. The Morgan fingerprint density at radius 3 is 2.60 bits per heavy atom. The topological polar surface area (TPSA) is 93.2 Å². The van der Waals surface area contributed by atoms with Crippen LogP contribution < -0.4 is 10.6 Å². The molecule has 0 atom stereocenters. The van der Waals surface area contributed by atoms with Crippen LogP contribution in [0.4, 0.5) is 10.8 Å². The maximum Gasteiger partial charge on any atom is 0.338 e. The van der Waals surface area contributed by atoms with Crippen LogP contribution in [0.25, 0.3) is 0 Å². The lowest BCUT2D eigenvalue weighted by Crippen LogP contribution is -2.14. The number of rotatable bonds is 8. The monoisotopic (exact) mass is 380 g/mol. The molecule has 1 heterocycles. The van der Waals surface area contributed by atoms with Gasteiger partial charge in [-0.25, -0.2) is 4.79 Å². The number of benzene rings is 1. The molecule has 2 rings (SSSR count). The molecule has 1 amide bonds. The van der Waals surface area contributed by atoms with Gasteiger partial charge in [-0.1, -0.05) is 23.1 Å². The zero-order chi connectivity index (χ0) is 18.2. The van der Waals surface area contributed by atoms with Crippen molar-refractivity contribution in [1.82, 2.24) is 10.2 Å². The van der Waals surface area contributed by atoms with E-state index in [0.717, 1.165) is 9.47 Å². The number of anilines is 2. The van der Waals surface area contributed by atoms with Crippen LogP contribution in [0.1, 0.15) is 31.1 Å². The second kappa shape index (κ2) is 9.38. The highest BCUT2D eigenvalue weighted by atomic mass is 32.2. The van der Waals surface area contributed by atoms with Gasteiger partial charge in [-0.05, 0) is 45.0 Å². The summed E-state index contributed by atoms with van der Waals surface area (Å²) in [5, 5.41) is 14.7. The Morgan fingerprint density at radius 2 is 1.96 bits per heavy atom. The molecule has 0 fully saturated rings. The smallest absolute Gasteiger partial charge is 0.338 e. The molecule has 9 heteroatoms. The summed E-state index contributed by atoms with van der Waals surface area (Å²) in [6, 6.07) is 6.87. The Kier molecular flexibility index (Phi) is 7.20. The van der Waals surface area contributed by atoms with Crippen molar-refractivity contribution in [2.75, 3.05) is 23.0 Å². The number of amides is 1. The van der Waals surface area contributed by atoms with Gasteiger partial charge >= 0.3 is 5.97 Å². The second-order valence-electron chi connectivity index (χ2n) is 5.31.